The molecule has 94 valence electrons. The van der Waals surface area contributed by atoms with Gasteiger partial charge in [-0.25, -0.2) is 0 Å². The second kappa shape index (κ2) is 4.48. The third-order valence-electron chi connectivity index (χ3n) is 3.34. The van der Waals surface area contributed by atoms with Gasteiger partial charge in [-0.1, -0.05) is 35.5 Å². The van der Waals surface area contributed by atoms with E-state index in [1.165, 1.54) is 15.4 Å². The zero-order chi connectivity index (χ0) is 12.6. The van der Waals surface area contributed by atoms with Gasteiger partial charge in [-0.15, -0.1) is 0 Å². The first-order chi connectivity index (χ1) is 8.66. The minimum atomic E-state index is -0.239. The van der Waals surface area contributed by atoms with Crippen LogP contribution in [0.2, 0.25) is 0 Å². The van der Waals surface area contributed by atoms with Gasteiger partial charge in [0.05, 0.1) is 0 Å². The zero-order valence-electron chi connectivity index (χ0n) is 10.6. The molecule has 1 fully saturated rings. The minimum absolute atomic E-state index is 0.239. The number of hydrogen-bond acceptors (Lipinski definition) is 3. The molecule has 1 heterocycles. The predicted octanol–water partition coefficient (Wildman–Crippen LogP) is 4.02. The third kappa shape index (κ3) is 2.20. The molecular weight excluding hydrogens is 244 g/mol. The highest BCUT2D eigenvalue weighted by Crippen LogP contribution is 2.41. The van der Waals surface area contributed by atoms with Crippen molar-refractivity contribution < 1.29 is 9.47 Å². The molecule has 0 amide bonds. The van der Waals surface area contributed by atoms with Crippen molar-refractivity contribution in [1.29, 1.82) is 0 Å². The Kier molecular flexibility index (Phi) is 2.96. The SMILES string of the molecule is Cc1ccc(SC2=CCC3(C)OCOC3=C2)cc1. The topological polar surface area (TPSA) is 18.5 Å². The van der Waals surface area contributed by atoms with Crippen LogP contribution in [0.25, 0.3) is 0 Å². The van der Waals surface area contributed by atoms with E-state index in [0.717, 1.165) is 12.2 Å². The summed E-state index contributed by atoms with van der Waals surface area (Å²) in [7, 11) is 0. The van der Waals surface area contributed by atoms with E-state index in [2.05, 4.69) is 50.3 Å². The number of ether oxygens (including phenoxy) is 2. The highest BCUT2D eigenvalue weighted by atomic mass is 32.2. The molecule has 1 aromatic rings. The van der Waals surface area contributed by atoms with Crippen molar-refractivity contribution in [3.8, 4) is 0 Å². The number of allylic oxidation sites excluding steroid dienone is 1. The molecule has 1 aromatic carbocycles. The van der Waals surface area contributed by atoms with Crippen LogP contribution in [-0.4, -0.2) is 12.4 Å². The molecule has 0 aromatic heterocycles. The Morgan fingerprint density at radius 3 is 2.78 bits per heavy atom. The van der Waals surface area contributed by atoms with Gasteiger partial charge < -0.3 is 9.47 Å². The second-order valence-electron chi connectivity index (χ2n) is 4.87. The van der Waals surface area contributed by atoms with Crippen molar-refractivity contribution in [2.45, 2.75) is 30.8 Å². The number of hydrogen-bond donors (Lipinski definition) is 0. The molecule has 1 aliphatic heterocycles. The fourth-order valence-electron chi connectivity index (χ4n) is 2.10. The Morgan fingerprint density at radius 2 is 2.00 bits per heavy atom. The standard InChI is InChI=1S/C15H16O2S/c1-11-3-5-12(6-4-11)18-13-7-8-15(2)14(9-13)16-10-17-15/h3-7,9H,8,10H2,1-2H3. The Bertz CT molecular complexity index is 516. The summed E-state index contributed by atoms with van der Waals surface area (Å²) in [4.78, 5) is 2.49. The van der Waals surface area contributed by atoms with E-state index in [4.69, 9.17) is 9.47 Å². The van der Waals surface area contributed by atoms with Gasteiger partial charge in [0.2, 0.25) is 0 Å². The van der Waals surface area contributed by atoms with Crippen LogP contribution in [0.1, 0.15) is 18.9 Å². The second-order valence-corrected chi connectivity index (χ2v) is 6.02. The Hall–Kier alpha value is -1.19. The molecule has 0 radical (unpaired) electrons. The first kappa shape index (κ1) is 11.9. The summed E-state index contributed by atoms with van der Waals surface area (Å²) in [6, 6.07) is 8.58. The largest absolute Gasteiger partial charge is 0.469 e. The van der Waals surface area contributed by atoms with Crippen LogP contribution in [0.3, 0.4) is 0 Å². The molecule has 0 bridgehead atoms. The maximum absolute atomic E-state index is 5.61. The Labute approximate surface area is 112 Å². The number of thioether (sulfide) groups is 1. The lowest BCUT2D eigenvalue weighted by atomic mass is 9.96. The number of aryl methyl sites for hydroxylation is 1. The summed E-state index contributed by atoms with van der Waals surface area (Å²) in [5, 5.41) is 0. The number of fused-ring (bicyclic) bond motifs is 1. The van der Waals surface area contributed by atoms with Gasteiger partial charge >= 0.3 is 0 Å². The number of benzene rings is 1. The quantitative estimate of drug-likeness (QED) is 0.800. The summed E-state index contributed by atoms with van der Waals surface area (Å²) in [6.07, 6.45) is 5.21. The van der Waals surface area contributed by atoms with Crippen LogP contribution in [0.4, 0.5) is 0 Å². The fourth-order valence-corrected chi connectivity index (χ4v) is 2.97. The molecule has 1 unspecified atom stereocenters. The fraction of sp³-hybridized carbons (Fsp3) is 0.333. The van der Waals surface area contributed by atoms with E-state index < -0.39 is 0 Å². The van der Waals surface area contributed by atoms with E-state index in [0.29, 0.717) is 6.79 Å². The summed E-state index contributed by atoms with van der Waals surface area (Å²) in [5.74, 6) is 0.958. The number of rotatable bonds is 2. The van der Waals surface area contributed by atoms with Crippen LogP contribution in [0.5, 0.6) is 0 Å². The first-order valence-corrected chi connectivity index (χ1v) is 6.91. The van der Waals surface area contributed by atoms with Crippen LogP contribution in [0, 0.1) is 6.92 Å². The average molecular weight is 260 g/mol. The van der Waals surface area contributed by atoms with Gasteiger partial charge in [-0.3, -0.25) is 0 Å². The molecule has 1 atom stereocenters. The van der Waals surface area contributed by atoms with Gasteiger partial charge in [0.25, 0.3) is 0 Å². The molecule has 0 saturated carbocycles. The van der Waals surface area contributed by atoms with E-state index in [1.807, 2.05) is 0 Å². The van der Waals surface area contributed by atoms with Gasteiger partial charge in [0.15, 0.2) is 6.79 Å². The van der Waals surface area contributed by atoms with Crippen molar-refractivity contribution >= 4 is 11.8 Å². The first-order valence-electron chi connectivity index (χ1n) is 6.09. The molecule has 2 nitrogen and oxygen atoms in total. The Balaban J connectivity index is 1.77. The maximum atomic E-state index is 5.61. The smallest absolute Gasteiger partial charge is 0.189 e. The van der Waals surface area contributed by atoms with Crippen molar-refractivity contribution in [3.05, 3.63) is 52.6 Å². The minimum Gasteiger partial charge on any atom is -0.469 e. The molecule has 3 heteroatoms. The highest BCUT2D eigenvalue weighted by molar-refractivity contribution is 8.03. The predicted molar refractivity (Wildman–Crippen MR) is 73.3 cm³/mol. The summed E-state index contributed by atoms with van der Waals surface area (Å²) >= 11 is 1.77. The van der Waals surface area contributed by atoms with Gasteiger partial charge in [-0.2, -0.15) is 0 Å². The van der Waals surface area contributed by atoms with Crippen molar-refractivity contribution in [2.75, 3.05) is 6.79 Å². The third-order valence-corrected chi connectivity index (χ3v) is 4.36. The monoisotopic (exact) mass is 260 g/mol. The van der Waals surface area contributed by atoms with E-state index >= 15 is 0 Å². The maximum Gasteiger partial charge on any atom is 0.189 e. The molecule has 0 N–H and O–H groups in total. The van der Waals surface area contributed by atoms with Gasteiger partial charge in [-0.05, 0) is 32.1 Å². The van der Waals surface area contributed by atoms with E-state index in [9.17, 15) is 0 Å². The average Bonchev–Trinajstić information content (AvgIpc) is 2.73. The molecular formula is C15H16O2S. The normalized spacial score (nSPS) is 26.1. The molecule has 1 aliphatic carbocycles. The van der Waals surface area contributed by atoms with Crippen LogP contribution in [-0.2, 0) is 9.47 Å². The summed E-state index contributed by atoms with van der Waals surface area (Å²) in [5.41, 5.74) is 1.05. The van der Waals surface area contributed by atoms with E-state index in [1.54, 1.807) is 11.8 Å². The highest BCUT2D eigenvalue weighted by Gasteiger charge is 2.38. The molecule has 0 spiro atoms. The van der Waals surface area contributed by atoms with Crippen molar-refractivity contribution in [1.82, 2.24) is 0 Å². The molecule has 1 saturated heterocycles. The van der Waals surface area contributed by atoms with Gasteiger partial charge in [0, 0.05) is 16.2 Å². The van der Waals surface area contributed by atoms with Gasteiger partial charge in [0.1, 0.15) is 11.4 Å². The van der Waals surface area contributed by atoms with E-state index in [-0.39, 0.29) is 5.60 Å². The lowest BCUT2D eigenvalue weighted by molar-refractivity contribution is 0.00398. The molecule has 18 heavy (non-hydrogen) atoms. The van der Waals surface area contributed by atoms with Crippen LogP contribution >= 0.6 is 11.8 Å². The Morgan fingerprint density at radius 1 is 1.22 bits per heavy atom. The summed E-state index contributed by atoms with van der Waals surface area (Å²) < 4.78 is 11.1. The lowest BCUT2D eigenvalue weighted by Crippen LogP contribution is -2.26. The molecule has 3 rings (SSSR count). The zero-order valence-corrected chi connectivity index (χ0v) is 11.4. The van der Waals surface area contributed by atoms with Crippen LogP contribution in [0.15, 0.2) is 52.0 Å². The lowest BCUT2D eigenvalue weighted by Gasteiger charge is -2.24. The van der Waals surface area contributed by atoms with Crippen molar-refractivity contribution in [2.24, 2.45) is 0 Å². The summed E-state index contributed by atoms with van der Waals surface area (Å²) in [6.45, 7) is 4.56. The molecule has 2 aliphatic rings. The van der Waals surface area contributed by atoms with Crippen LogP contribution < -0.4 is 0 Å². The van der Waals surface area contributed by atoms with Crippen molar-refractivity contribution in [3.63, 3.8) is 0 Å².